The molecule has 2 aliphatic rings. The van der Waals surface area contributed by atoms with Crippen LogP contribution in [0.15, 0.2) is 0 Å². The number of epoxide rings is 2. The Hall–Kier alpha value is -0.160. The fourth-order valence-corrected chi connectivity index (χ4v) is 0.659. The maximum Gasteiger partial charge on any atom is 0.104 e. The molecule has 1 N–H and O–H groups in total. The first kappa shape index (κ1) is 8.93. The highest BCUT2D eigenvalue weighted by Gasteiger charge is 2.26. The van der Waals surface area contributed by atoms with E-state index >= 15 is 0 Å². The lowest BCUT2D eigenvalue weighted by atomic mass is 10.5. The van der Waals surface area contributed by atoms with Gasteiger partial charge in [-0.2, -0.15) is 0 Å². The summed E-state index contributed by atoms with van der Waals surface area (Å²) in [7, 11) is 1.00. The van der Waals surface area contributed by atoms with E-state index in [1.165, 1.54) is 0 Å². The van der Waals surface area contributed by atoms with E-state index in [1.807, 2.05) is 0 Å². The van der Waals surface area contributed by atoms with Crippen LogP contribution in [0.25, 0.3) is 0 Å². The number of hydrogen-bond acceptors (Lipinski definition) is 4. The lowest BCUT2D eigenvalue weighted by molar-refractivity contribution is 0.102. The van der Waals surface area contributed by atoms with Crippen LogP contribution in [0.2, 0.25) is 0 Å². The molecule has 2 atom stereocenters. The molecule has 2 rings (SSSR count). The topological polar surface area (TPSA) is 54.5 Å². The van der Waals surface area contributed by atoms with E-state index in [0.717, 1.165) is 33.5 Å². The smallest absolute Gasteiger partial charge is 0.104 e. The van der Waals surface area contributed by atoms with Crippen LogP contribution in [0.5, 0.6) is 0 Å². The van der Waals surface area contributed by atoms with E-state index in [-0.39, 0.29) is 0 Å². The third-order valence-electron chi connectivity index (χ3n) is 1.41. The number of hydrogen-bond donors (Lipinski definition) is 1. The minimum absolute atomic E-state index is 0.392. The number of aliphatic hydroxyl groups excluding tert-OH is 1. The van der Waals surface area contributed by atoms with Crippen molar-refractivity contribution in [3.8, 4) is 0 Å². The highest BCUT2D eigenvalue weighted by molar-refractivity contribution is 4.71. The summed E-state index contributed by atoms with van der Waals surface area (Å²) in [6.07, 6.45) is 0.785. The van der Waals surface area contributed by atoms with Crippen LogP contribution in [0, 0.1) is 0 Å². The summed E-state index contributed by atoms with van der Waals surface area (Å²) in [6.45, 7) is 3.26. The van der Waals surface area contributed by atoms with E-state index in [0.29, 0.717) is 12.2 Å². The minimum atomic E-state index is 0.392. The van der Waals surface area contributed by atoms with Crippen molar-refractivity contribution < 1.29 is 19.3 Å². The quantitative estimate of drug-likeness (QED) is 0.561. The molecule has 2 aliphatic heterocycles. The number of ether oxygens (including phenoxy) is 3. The zero-order chi connectivity index (χ0) is 8.10. The Kier molecular flexibility index (Phi) is 3.79. The van der Waals surface area contributed by atoms with E-state index < -0.39 is 0 Å². The Morgan fingerprint density at radius 1 is 1.18 bits per heavy atom. The van der Waals surface area contributed by atoms with Crippen molar-refractivity contribution >= 4 is 0 Å². The highest BCUT2D eigenvalue weighted by Crippen LogP contribution is 2.12. The highest BCUT2D eigenvalue weighted by atomic mass is 16.6. The van der Waals surface area contributed by atoms with Crippen LogP contribution in [0.3, 0.4) is 0 Å². The molecule has 0 aromatic carbocycles. The molecule has 0 aromatic heterocycles. The average Bonchev–Trinajstić information content (AvgIpc) is 2.86. The van der Waals surface area contributed by atoms with Crippen molar-refractivity contribution in [1.29, 1.82) is 0 Å². The Morgan fingerprint density at radius 3 is 1.82 bits per heavy atom. The van der Waals surface area contributed by atoms with Gasteiger partial charge in [0.25, 0.3) is 0 Å². The van der Waals surface area contributed by atoms with E-state index in [9.17, 15) is 0 Å². The molecule has 2 saturated heterocycles. The molecule has 2 fully saturated rings. The molecular weight excluding hydrogens is 148 g/mol. The normalized spacial score (nSPS) is 32.2. The number of aliphatic hydroxyl groups is 1. The second-order valence-corrected chi connectivity index (χ2v) is 2.45. The number of rotatable bonds is 4. The zero-order valence-corrected chi connectivity index (χ0v) is 6.66. The Morgan fingerprint density at radius 2 is 1.55 bits per heavy atom. The summed E-state index contributed by atoms with van der Waals surface area (Å²) in [6, 6.07) is 0. The van der Waals surface area contributed by atoms with Gasteiger partial charge < -0.3 is 19.3 Å². The summed E-state index contributed by atoms with van der Waals surface area (Å²) < 4.78 is 15.1. The van der Waals surface area contributed by atoms with Crippen LogP contribution in [0.4, 0.5) is 0 Å². The molecule has 0 aliphatic carbocycles. The molecule has 4 nitrogen and oxygen atoms in total. The SMILES string of the molecule is C(OCC1CO1)C1CO1.CO. The van der Waals surface area contributed by atoms with Gasteiger partial charge in [-0.15, -0.1) is 0 Å². The summed E-state index contributed by atoms with van der Waals surface area (Å²) in [5, 5.41) is 7.00. The second-order valence-electron chi connectivity index (χ2n) is 2.45. The van der Waals surface area contributed by atoms with E-state index in [4.69, 9.17) is 19.3 Å². The predicted molar refractivity (Wildman–Crippen MR) is 38.4 cm³/mol. The van der Waals surface area contributed by atoms with Crippen molar-refractivity contribution in [1.82, 2.24) is 0 Å². The molecule has 4 heteroatoms. The van der Waals surface area contributed by atoms with Gasteiger partial charge in [-0.25, -0.2) is 0 Å². The first-order valence-corrected chi connectivity index (χ1v) is 3.71. The molecule has 2 unspecified atom stereocenters. The van der Waals surface area contributed by atoms with Crippen molar-refractivity contribution in [2.75, 3.05) is 33.5 Å². The molecule has 0 radical (unpaired) electrons. The monoisotopic (exact) mass is 162 g/mol. The Bertz CT molecular complexity index is 86.6. The van der Waals surface area contributed by atoms with Gasteiger partial charge in [0.1, 0.15) is 12.2 Å². The van der Waals surface area contributed by atoms with Crippen molar-refractivity contribution in [2.24, 2.45) is 0 Å². The molecule has 0 saturated carbocycles. The molecule has 0 aromatic rings. The third kappa shape index (κ3) is 4.31. The molecular formula is C7H14O4. The Balaban J connectivity index is 0.000000281. The van der Waals surface area contributed by atoms with E-state index in [1.54, 1.807) is 0 Å². The van der Waals surface area contributed by atoms with Gasteiger partial charge in [-0.3, -0.25) is 0 Å². The van der Waals surface area contributed by atoms with Gasteiger partial charge in [0, 0.05) is 7.11 Å². The second kappa shape index (κ2) is 4.66. The molecule has 0 spiro atoms. The Labute approximate surface area is 66.1 Å². The maximum absolute atomic E-state index is 7.00. The van der Waals surface area contributed by atoms with Crippen LogP contribution >= 0.6 is 0 Å². The molecule has 0 bridgehead atoms. The molecule has 0 amide bonds. The van der Waals surface area contributed by atoms with Crippen LogP contribution in [0.1, 0.15) is 0 Å². The van der Waals surface area contributed by atoms with Crippen molar-refractivity contribution in [3.05, 3.63) is 0 Å². The van der Waals surface area contributed by atoms with Gasteiger partial charge >= 0.3 is 0 Å². The van der Waals surface area contributed by atoms with Gasteiger partial charge in [0.05, 0.1) is 26.4 Å². The molecule has 2 heterocycles. The van der Waals surface area contributed by atoms with Crippen LogP contribution < -0.4 is 0 Å². The standard InChI is InChI=1S/C6H10O3.CH4O/c1(5-3-8-5)7-2-6-4-9-6;1-2/h5-6H,1-4H2;2H,1H3. The first-order valence-electron chi connectivity index (χ1n) is 3.71. The summed E-state index contributed by atoms with van der Waals surface area (Å²) in [5.41, 5.74) is 0. The largest absolute Gasteiger partial charge is 0.400 e. The zero-order valence-electron chi connectivity index (χ0n) is 6.66. The maximum atomic E-state index is 7.00. The summed E-state index contributed by atoms with van der Waals surface area (Å²) >= 11 is 0. The van der Waals surface area contributed by atoms with E-state index in [2.05, 4.69) is 0 Å². The summed E-state index contributed by atoms with van der Waals surface area (Å²) in [5.74, 6) is 0. The average molecular weight is 162 g/mol. The fourth-order valence-electron chi connectivity index (χ4n) is 0.659. The van der Waals surface area contributed by atoms with Gasteiger partial charge in [0.15, 0.2) is 0 Å². The lowest BCUT2D eigenvalue weighted by Gasteiger charge is -1.95. The van der Waals surface area contributed by atoms with Crippen LogP contribution in [-0.4, -0.2) is 50.9 Å². The first-order chi connectivity index (χ1) is 5.45. The van der Waals surface area contributed by atoms with Crippen LogP contribution in [-0.2, 0) is 14.2 Å². The van der Waals surface area contributed by atoms with Crippen molar-refractivity contribution in [3.63, 3.8) is 0 Å². The lowest BCUT2D eigenvalue weighted by Crippen LogP contribution is -2.06. The molecule has 11 heavy (non-hydrogen) atoms. The fraction of sp³-hybridized carbons (Fsp3) is 1.00. The predicted octanol–water partition coefficient (Wildman–Crippen LogP) is -0.591. The van der Waals surface area contributed by atoms with Gasteiger partial charge in [0.2, 0.25) is 0 Å². The van der Waals surface area contributed by atoms with Crippen molar-refractivity contribution in [2.45, 2.75) is 12.2 Å². The van der Waals surface area contributed by atoms with Gasteiger partial charge in [-0.1, -0.05) is 0 Å². The molecule has 66 valence electrons. The minimum Gasteiger partial charge on any atom is -0.400 e. The summed E-state index contributed by atoms with van der Waals surface area (Å²) in [4.78, 5) is 0. The third-order valence-corrected chi connectivity index (χ3v) is 1.41. The van der Waals surface area contributed by atoms with Gasteiger partial charge in [-0.05, 0) is 0 Å².